The third-order valence-electron chi connectivity index (χ3n) is 4.56. The lowest BCUT2D eigenvalue weighted by Gasteiger charge is -2.23. The fraction of sp³-hybridized carbons (Fsp3) is 0.278. The molecule has 6 nitrogen and oxygen atoms in total. The average molecular weight is 321 g/mol. The van der Waals surface area contributed by atoms with Crippen molar-refractivity contribution < 1.29 is 4.79 Å². The Hall–Kier alpha value is -2.89. The van der Waals surface area contributed by atoms with Gasteiger partial charge in [-0.25, -0.2) is 0 Å². The molecule has 3 aromatic rings. The van der Waals surface area contributed by atoms with E-state index in [0.29, 0.717) is 5.69 Å². The molecule has 0 saturated carbocycles. The van der Waals surface area contributed by atoms with E-state index in [4.69, 9.17) is 0 Å². The Morgan fingerprint density at radius 2 is 2.21 bits per heavy atom. The first-order valence-corrected chi connectivity index (χ1v) is 8.13. The van der Waals surface area contributed by atoms with E-state index in [2.05, 4.69) is 15.2 Å². The van der Waals surface area contributed by atoms with Crippen LogP contribution < -0.4 is 0 Å². The summed E-state index contributed by atoms with van der Waals surface area (Å²) in [5, 5.41) is 7.20. The number of carbonyl (C=O) groups excluding carboxylic acids is 1. The van der Waals surface area contributed by atoms with Crippen LogP contribution in [0.5, 0.6) is 0 Å². The lowest BCUT2D eigenvalue weighted by molar-refractivity contribution is 0.0727. The largest absolute Gasteiger partial charge is 0.349 e. The molecule has 0 aromatic carbocycles. The number of carbonyl (C=O) groups is 1. The van der Waals surface area contributed by atoms with Crippen molar-refractivity contribution in [3.63, 3.8) is 0 Å². The summed E-state index contributed by atoms with van der Waals surface area (Å²) in [7, 11) is 1.96. The van der Waals surface area contributed by atoms with Crippen molar-refractivity contribution in [1.29, 1.82) is 0 Å². The fourth-order valence-corrected chi connectivity index (χ4v) is 3.33. The van der Waals surface area contributed by atoms with Crippen LogP contribution >= 0.6 is 0 Å². The van der Waals surface area contributed by atoms with Crippen LogP contribution in [-0.2, 0) is 7.05 Å². The second kappa shape index (κ2) is 5.96. The zero-order chi connectivity index (χ0) is 16.5. The van der Waals surface area contributed by atoms with Gasteiger partial charge in [0.1, 0.15) is 11.4 Å². The second-order valence-corrected chi connectivity index (χ2v) is 6.08. The van der Waals surface area contributed by atoms with Gasteiger partial charge in [-0.1, -0.05) is 6.07 Å². The number of nitrogens with zero attached hydrogens (tertiary/aromatic N) is 4. The molecule has 6 heteroatoms. The number of aromatic nitrogens is 4. The van der Waals surface area contributed by atoms with Gasteiger partial charge in [-0.15, -0.1) is 0 Å². The average Bonchev–Trinajstić information content (AvgIpc) is 3.35. The number of likely N-dealkylation sites (tertiary alicyclic amines) is 1. The van der Waals surface area contributed by atoms with Crippen LogP contribution in [-0.4, -0.2) is 37.1 Å². The summed E-state index contributed by atoms with van der Waals surface area (Å²) < 4.78 is 1.98. The minimum absolute atomic E-state index is 0.0175. The fourth-order valence-electron chi connectivity index (χ4n) is 3.33. The van der Waals surface area contributed by atoms with Gasteiger partial charge >= 0.3 is 0 Å². The molecular formula is C18H19N5O. The first-order valence-electron chi connectivity index (χ1n) is 8.13. The number of H-pyrrole nitrogens is 1. The summed E-state index contributed by atoms with van der Waals surface area (Å²) in [5.41, 5.74) is 3.23. The molecule has 0 aliphatic carbocycles. The van der Waals surface area contributed by atoms with E-state index in [-0.39, 0.29) is 11.9 Å². The predicted molar refractivity (Wildman–Crippen MR) is 90.2 cm³/mol. The normalized spacial score (nSPS) is 17.4. The van der Waals surface area contributed by atoms with Crippen molar-refractivity contribution in [2.24, 2.45) is 7.05 Å². The third-order valence-corrected chi connectivity index (χ3v) is 4.56. The molecule has 1 atom stereocenters. The van der Waals surface area contributed by atoms with Crippen LogP contribution in [0.4, 0.5) is 0 Å². The molecule has 1 amide bonds. The molecule has 1 N–H and O–H groups in total. The summed E-state index contributed by atoms with van der Waals surface area (Å²) in [6.45, 7) is 0.749. The van der Waals surface area contributed by atoms with Crippen molar-refractivity contribution in [2.45, 2.75) is 18.9 Å². The van der Waals surface area contributed by atoms with Crippen LogP contribution in [0.25, 0.3) is 11.4 Å². The molecule has 1 saturated heterocycles. The molecule has 1 unspecified atom stereocenters. The van der Waals surface area contributed by atoms with Gasteiger partial charge in [-0.3, -0.25) is 14.9 Å². The Morgan fingerprint density at radius 1 is 1.29 bits per heavy atom. The van der Waals surface area contributed by atoms with Gasteiger partial charge in [0, 0.05) is 26.0 Å². The Morgan fingerprint density at radius 3 is 2.96 bits per heavy atom. The first-order chi connectivity index (χ1) is 11.7. The van der Waals surface area contributed by atoms with E-state index in [0.717, 1.165) is 36.5 Å². The molecule has 0 bridgehead atoms. The highest BCUT2D eigenvalue weighted by Crippen LogP contribution is 2.32. The number of pyridine rings is 1. The molecule has 0 radical (unpaired) electrons. The van der Waals surface area contributed by atoms with Crippen LogP contribution in [0.3, 0.4) is 0 Å². The van der Waals surface area contributed by atoms with Gasteiger partial charge in [0.25, 0.3) is 5.91 Å². The summed E-state index contributed by atoms with van der Waals surface area (Å²) in [6.07, 6.45) is 5.68. The van der Waals surface area contributed by atoms with E-state index in [9.17, 15) is 4.79 Å². The quantitative estimate of drug-likeness (QED) is 0.806. The molecule has 1 fully saturated rings. The van der Waals surface area contributed by atoms with Crippen molar-refractivity contribution in [1.82, 2.24) is 24.6 Å². The smallest absolute Gasteiger partial charge is 0.272 e. The molecule has 122 valence electrons. The zero-order valence-electron chi connectivity index (χ0n) is 13.5. The highest BCUT2D eigenvalue weighted by atomic mass is 16.2. The maximum Gasteiger partial charge on any atom is 0.272 e. The summed E-state index contributed by atoms with van der Waals surface area (Å²) in [6, 6.07) is 11.7. The van der Waals surface area contributed by atoms with Crippen molar-refractivity contribution >= 4 is 5.91 Å². The summed E-state index contributed by atoms with van der Waals surface area (Å²) >= 11 is 0. The van der Waals surface area contributed by atoms with E-state index in [1.165, 1.54) is 0 Å². The lowest BCUT2D eigenvalue weighted by Crippen LogP contribution is -2.31. The van der Waals surface area contributed by atoms with Crippen molar-refractivity contribution in [3.05, 3.63) is 60.2 Å². The molecular weight excluding hydrogens is 302 g/mol. The lowest BCUT2D eigenvalue weighted by atomic mass is 10.1. The third kappa shape index (κ3) is 2.50. The number of aromatic amines is 1. The molecule has 1 aliphatic rings. The van der Waals surface area contributed by atoms with Crippen LogP contribution in [0.1, 0.15) is 35.1 Å². The Kier molecular flexibility index (Phi) is 3.65. The number of nitrogens with one attached hydrogen (secondary N) is 1. The number of hydrogen-bond acceptors (Lipinski definition) is 3. The van der Waals surface area contributed by atoms with Gasteiger partial charge in [-0.2, -0.15) is 5.10 Å². The number of rotatable bonds is 3. The van der Waals surface area contributed by atoms with Crippen LogP contribution in [0.15, 0.2) is 48.8 Å². The highest BCUT2D eigenvalue weighted by Gasteiger charge is 2.32. The SMILES string of the molecule is Cn1cccc1-c1cc(C(=O)N2CCCC2c2ccccn2)[nH]n1. The molecule has 0 spiro atoms. The Balaban J connectivity index is 1.60. The molecule has 4 heterocycles. The summed E-state index contributed by atoms with van der Waals surface area (Å²) in [4.78, 5) is 19.2. The summed E-state index contributed by atoms with van der Waals surface area (Å²) in [5.74, 6) is -0.0175. The number of aryl methyl sites for hydroxylation is 1. The first kappa shape index (κ1) is 14.7. The molecule has 24 heavy (non-hydrogen) atoms. The highest BCUT2D eigenvalue weighted by molar-refractivity contribution is 5.93. The molecule has 3 aromatic heterocycles. The van der Waals surface area contributed by atoms with Gasteiger partial charge < -0.3 is 9.47 Å². The maximum atomic E-state index is 12.9. The minimum Gasteiger partial charge on any atom is -0.349 e. The van der Waals surface area contributed by atoms with Gasteiger partial charge in [0.05, 0.1) is 17.4 Å². The van der Waals surface area contributed by atoms with Crippen LogP contribution in [0, 0.1) is 0 Å². The number of hydrogen-bond donors (Lipinski definition) is 1. The van der Waals surface area contributed by atoms with E-state index in [1.54, 1.807) is 6.20 Å². The van der Waals surface area contributed by atoms with Gasteiger partial charge in [0.15, 0.2) is 0 Å². The minimum atomic E-state index is -0.0175. The van der Waals surface area contributed by atoms with Crippen molar-refractivity contribution in [2.75, 3.05) is 6.54 Å². The van der Waals surface area contributed by atoms with E-state index in [1.807, 2.05) is 59.1 Å². The molecule has 4 rings (SSSR count). The van der Waals surface area contributed by atoms with Crippen LogP contribution in [0.2, 0.25) is 0 Å². The van der Waals surface area contributed by atoms with Gasteiger partial charge in [-0.05, 0) is 43.2 Å². The van der Waals surface area contributed by atoms with Crippen molar-refractivity contribution in [3.8, 4) is 11.4 Å². The zero-order valence-corrected chi connectivity index (χ0v) is 13.5. The molecule has 1 aliphatic heterocycles. The second-order valence-electron chi connectivity index (χ2n) is 6.08. The topological polar surface area (TPSA) is 66.8 Å². The monoisotopic (exact) mass is 321 g/mol. The van der Waals surface area contributed by atoms with E-state index >= 15 is 0 Å². The standard InChI is InChI=1S/C18H19N5O/c1-22-10-4-7-16(22)14-12-15(21-20-14)18(24)23-11-5-8-17(23)13-6-2-3-9-19-13/h2-4,6-7,9-10,12,17H,5,8,11H2,1H3,(H,20,21). The predicted octanol–water partition coefficient (Wildman–Crippen LogP) is 2.79. The number of amides is 1. The maximum absolute atomic E-state index is 12.9. The van der Waals surface area contributed by atoms with Gasteiger partial charge in [0.2, 0.25) is 0 Å². The Labute approximate surface area is 140 Å². The Bertz CT molecular complexity index is 851. The van der Waals surface area contributed by atoms with E-state index < -0.39 is 0 Å².